The summed E-state index contributed by atoms with van der Waals surface area (Å²) < 4.78 is 0. The minimum Gasteiger partial charge on any atom is -0.351 e. The molecule has 5 heteroatoms. The molecule has 24 heavy (non-hydrogen) atoms. The first-order valence-electron chi connectivity index (χ1n) is 7.95. The number of nitrogens with one attached hydrogen (secondary N) is 2. The molecule has 3 rings (SSSR count). The molecule has 0 bridgehead atoms. The van der Waals surface area contributed by atoms with E-state index >= 15 is 0 Å². The fourth-order valence-corrected chi connectivity index (χ4v) is 2.71. The third kappa shape index (κ3) is 3.77. The van der Waals surface area contributed by atoms with Gasteiger partial charge in [0.25, 0.3) is 0 Å². The molecule has 0 aliphatic heterocycles. The van der Waals surface area contributed by atoms with Crippen molar-refractivity contribution in [2.75, 3.05) is 0 Å². The van der Waals surface area contributed by atoms with Crippen LogP contribution in [-0.4, -0.2) is 11.8 Å². The summed E-state index contributed by atoms with van der Waals surface area (Å²) in [7, 11) is 0. The van der Waals surface area contributed by atoms with Gasteiger partial charge >= 0.3 is 0 Å². The first-order chi connectivity index (χ1) is 11.6. The molecule has 2 amide bonds. The van der Waals surface area contributed by atoms with Crippen molar-refractivity contribution >= 4 is 23.4 Å². The predicted molar refractivity (Wildman–Crippen MR) is 93.3 cm³/mol. The fourth-order valence-electron chi connectivity index (χ4n) is 2.58. The molecular weight excluding hydrogens is 324 g/mol. The van der Waals surface area contributed by atoms with Crippen LogP contribution in [0.25, 0.3) is 0 Å². The summed E-state index contributed by atoms with van der Waals surface area (Å²) in [5.41, 5.74) is 1.07. The molecule has 0 unspecified atom stereocenters. The van der Waals surface area contributed by atoms with E-state index in [1.54, 1.807) is 12.1 Å². The monoisotopic (exact) mass is 342 g/mol. The molecular formula is C19H19ClN2O2. The molecule has 1 fully saturated rings. The van der Waals surface area contributed by atoms with Gasteiger partial charge in [-0.15, -0.1) is 0 Å². The summed E-state index contributed by atoms with van der Waals surface area (Å²) >= 11 is 5.84. The molecule has 1 aliphatic rings. The summed E-state index contributed by atoms with van der Waals surface area (Å²) in [6.45, 7) is 0.829. The Morgan fingerprint density at radius 1 is 0.833 bits per heavy atom. The zero-order chi connectivity index (χ0) is 17.0. The quantitative estimate of drug-likeness (QED) is 0.793. The molecule has 4 nitrogen and oxygen atoms in total. The first kappa shape index (κ1) is 16.5. The van der Waals surface area contributed by atoms with Crippen molar-refractivity contribution in [3.05, 3.63) is 70.7 Å². The highest BCUT2D eigenvalue weighted by Gasteiger charge is 2.56. The van der Waals surface area contributed by atoms with E-state index < -0.39 is 5.41 Å². The Balaban J connectivity index is 1.53. The van der Waals surface area contributed by atoms with Crippen LogP contribution in [0.3, 0.4) is 0 Å². The van der Waals surface area contributed by atoms with Gasteiger partial charge in [0, 0.05) is 18.1 Å². The Kier molecular flexibility index (Phi) is 4.86. The molecule has 0 heterocycles. The predicted octanol–water partition coefficient (Wildman–Crippen LogP) is 3.05. The summed E-state index contributed by atoms with van der Waals surface area (Å²) in [5, 5.41) is 6.38. The smallest absolute Gasteiger partial charge is 0.235 e. The van der Waals surface area contributed by atoms with Gasteiger partial charge in [0.2, 0.25) is 11.8 Å². The highest BCUT2D eigenvalue weighted by molar-refractivity contribution is 6.30. The van der Waals surface area contributed by atoms with Crippen LogP contribution in [-0.2, 0) is 22.7 Å². The maximum atomic E-state index is 12.4. The number of hydrogen-bond donors (Lipinski definition) is 2. The van der Waals surface area contributed by atoms with Gasteiger partial charge in [-0.05, 0) is 36.1 Å². The van der Waals surface area contributed by atoms with Crippen LogP contribution in [0.5, 0.6) is 0 Å². The number of hydrogen-bond acceptors (Lipinski definition) is 2. The Morgan fingerprint density at radius 3 is 1.83 bits per heavy atom. The minimum absolute atomic E-state index is 0.194. The Morgan fingerprint density at radius 2 is 1.33 bits per heavy atom. The molecule has 0 radical (unpaired) electrons. The number of halogens is 1. The normalized spacial score (nSPS) is 14.7. The van der Waals surface area contributed by atoms with Crippen LogP contribution in [0.15, 0.2) is 54.6 Å². The highest BCUT2D eigenvalue weighted by Crippen LogP contribution is 2.46. The highest BCUT2D eigenvalue weighted by atomic mass is 35.5. The topological polar surface area (TPSA) is 58.2 Å². The molecule has 1 aliphatic carbocycles. The SMILES string of the molecule is O=C(NCc1ccccc1)C1(C(=O)NCc2ccc(Cl)cc2)CC1. The Labute approximate surface area is 146 Å². The molecule has 0 atom stereocenters. The van der Waals surface area contributed by atoms with Crippen molar-refractivity contribution in [2.24, 2.45) is 5.41 Å². The van der Waals surface area contributed by atoms with Gasteiger partial charge < -0.3 is 10.6 Å². The molecule has 2 aromatic rings. The lowest BCUT2D eigenvalue weighted by atomic mass is 10.0. The van der Waals surface area contributed by atoms with E-state index in [2.05, 4.69) is 10.6 Å². The number of amides is 2. The van der Waals surface area contributed by atoms with Gasteiger partial charge in [0.05, 0.1) is 0 Å². The zero-order valence-electron chi connectivity index (χ0n) is 13.2. The van der Waals surface area contributed by atoms with Crippen LogP contribution >= 0.6 is 11.6 Å². The van der Waals surface area contributed by atoms with Crippen LogP contribution < -0.4 is 10.6 Å². The van der Waals surface area contributed by atoms with Crippen LogP contribution in [0.4, 0.5) is 0 Å². The molecule has 0 aromatic heterocycles. The maximum Gasteiger partial charge on any atom is 0.235 e. The third-order valence-corrected chi connectivity index (χ3v) is 4.53. The van der Waals surface area contributed by atoms with Crippen LogP contribution in [0, 0.1) is 5.41 Å². The average Bonchev–Trinajstić information content (AvgIpc) is 3.42. The zero-order valence-corrected chi connectivity index (χ0v) is 14.0. The largest absolute Gasteiger partial charge is 0.351 e. The molecule has 0 saturated heterocycles. The maximum absolute atomic E-state index is 12.4. The van der Waals surface area contributed by atoms with E-state index in [1.807, 2.05) is 42.5 Å². The van der Waals surface area contributed by atoms with Crippen molar-refractivity contribution in [3.8, 4) is 0 Å². The van der Waals surface area contributed by atoms with E-state index in [-0.39, 0.29) is 11.8 Å². The second-order valence-corrected chi connectivity index (χ2v) is 6.50. The summed E-state index contributed by atoms with van der Waals surface area (Å²) in [5.74, 6) is -0.400. The van der Waals surface area contributed by atoms with Gasteiger partial charge in [0.15, 0.2) is 0 Å². The van der Waals surface area contributed by atoms with E-state index in [4.69, 9.17) is 11.6 Å². The minimum atomic E-state index is -0.902. The summed E-state index contributed by atoms with van der Waals surface area (Å²) in [6.07, 6.45) is 1.19. The van der Waals surface area contributed by atoms with Gasteiger partial charge in [-0.25, -0.2) is 0 Å². The van der Waals surface area contributed by atoms with E-state index in [0.29, 0.717) is 31.0 Å². The number of rotatable bonds is 6. The van der Waals surface area contributed by atoms with Gasteiger partial charge in [-0.2, -0.15) is 0 Å². The second-order valence-electron chi connectivity index (χ2n) is 6.06. The molecule has 2 N–H and O–H groups in total. The van der Waals surface area contributed by atoms with Gasteiger partial charge in [0.1, 0.15) is 5.41 Å². The van der Waals surface area contributed by atoms with Crippen LogP contribution in [0.1, 0.15) is 24.0 Å². The van der Waals surface area contributed by atoms with E-state index in [0.717, 1.165) is 11.1 Å². The third-order valence-electron chi connectivity index (χ3n) is 4.28. The molecule has 2 aromatic carbocycles. The Bertz CT molecular complexity index is 725. The van der Waals surface area contributed by atoms with Gasteiger partial charge in [-0.3, -0.25) is 9.59 Å². The van der Waals surface area contributed by atoms with E-state index in [1.165, 1.54) is 0 Å². The Hall–Kier alpha value is -2.33. The van der Waals surface area contributed by atoms with E-state index in [9.17, 15) is 9.59 Å². The van der Waals surface area contributed by atoms with Crippen molar-refractivity contribution in [3.63, 3.8) is 0 Å². The lowest BCUT2D eigenvalue weighted by molar-refractivity contribution is -0.137. The fraction of sp³-hybridized carbons (Fsp3) is 0.263. The van der Waals surface area contributed by atoms with Crippen molar-refractivity contribution in [1.82, 2.24) is 10.6 Å². The van der Waals surface area contributed by atoms with Gasteiger partial charge in [-0.1, -0.05) is 54.1 Å². The summed E-state index contributed by atoms with van der Waals surface area (Å²) in [6, 6.07) is 16.9. The number of benzene rings is 2. The van der Waals surface area contributed by atoms with Crippen LogP contribution in [0.2, 0.25) is 5.02 Å². The number of carbonyl (C=O) groups is 2. The number of carbonyl (C=O) groups excluding carboxylic acids is 2. The standard InChI is InChI=1S/C19H19ClN2O2/c20-16-8-6-15(7-9-16)13-22-18(24)19(10-11-19)17(23)21-12-14-4-2-1-3-5-14/h1-9H,10-13H2,(H,21,23)(H,22,24). The molecule has 124 valence electrons. The first-order valence-corrected chi connectivity index (χ1v) is 8.33. The molecule has 1 saturated carbocycles. The molecule has 0 spiro atoms. The average molecular weight is 343 g/mol. The lowest BCUT2D eigenvalue weighted by Crippen LogP contribution is -2.42. The lowest BCUT2D eigenvalue weighted by Gasteiger charge is -2.15. The van der Waals surface area contributed by atoms with Crippen molar-refractivity contribution in [1.29, 1.82) is 0 Å². The van der Waals surface area contributed by atoms with Crippen molar-refractivity contribution < 1.29 is 9.59 Å². The second kappa shape index (κ2) is 7.05. The van der Waals surface area contributed by atoms with Crippen molar-refractivity contribution in [2.45, 2.75) is 25.9 Å². The summed E-state index contributed by atoms with van der Waals surface area (Å²) in [4.78, 5) is 24.8.